The molecule has 0 aromatic heterocycles. The molecule has 1 unspecified atom stereocenters. The van der Waals surface area contributed by atoms with Crippen LogP contribution in [0.1, 0.15) is 28.4 Å². The molecule has 0 spiro atoms. The number of Topliss-reactive ketones (excluding diaryl/α,β-unsaturated/α-hetero) is 1. The lowest BCUT2D eigenvalue weighted by atomic mass is 10.0. The second kappa shape index (κ2) is 5.41. The molecule has 0 aliphatic carbocycles. The average Bonchev–Trinajstić information content (AvgIpc) is 2.26. The van der Waals surface area contributed by atoms with Crippen LogP contribution < -0.4 is 0 Å². The van der Waals surface area contributed by atoms with Crippen molar-refractivity contribution in [2.75, 3.05) is 0 Å². The highest BCUT2D eigenvalue weighted by atomic mass is 16.4. The Morgan fingerprint density at radius 2 is 2.00 bits per heavy atom. The summed E-state index contributed by atoms with van der Waals surface area (Å²) in [6.07, 6.45) is 1.47. The highest BCUT2D eigenvalue weighted by Crippen LogP contribution is 2.14. The molecule has 0 saturated heterocycles. The van der Waals surface area contributed by atoms with Crippen molar-refractivity contribution in [2.24, 2.45) is 0 Å². The number of carbonyl (C=O) groups is 2. The van der Waals surface area contributed by atoms with Gasteiger partial charge in [0.25, 0.3) is 0 Å². The number of aliphatic hydroxyl groups is 1. The number of carboxylic acids is 1. The van der Waals surface area contributed by atoms with Crippen LogP contribution >= 0.6 is 0 Å². The summed E-state index contributed by atoms with van der Waals surface area (Å²) in [5, 5.41) is 17.7. The molecule has 0 amide bonds. The molecular weight excluding hydrogens is 220 g/mol. The van der Waals surface area contributed by atoms with E-state index >= 15 is 0 Å². The zero-order chi connectivity index (χ0) is 13.0. The van der Waals surface area contributed by atoms with Gasteiger partial charge in [-0.2, -0.15) is 0 Å². The van der Waals surface area contributed by atoms with E-state index in [1.54, 1.807) is 25.1 Å². The third kappa shape index (κ3) is 3.53. The normalized spacial score (nSPS) is 12.6. The van der Waals surface area contributed by atoms with Gasteiger partial charge < -0.3 is 10.2 Å². The summed E-state index contributed by atoms with van der Waals surface area (Å²) < 4.78 is 0. The molecule has 0 aliphatic heterocycles. The predicted octanol–water partition coefficient (Wildman–Crippen LogP) is 1.66. The van der Waals surface area contributed by atoms with Crippen molar-refractivity contribution in [2.45, 2.75) is 20.0 Å². The summed E-state index contributed by atoms with van der Waals surface area (Å²) in [5.74, 6) is -1.37. The third-order valence-electron chi connectivity index (χ3n) is 2.34. The van der Waals surface area contributed by atoms with Crippen LogP contribution in [0.15, 0.2) is 24.3 Å². The summed E-state index contributed by atoms with van der Waals surface area (Å²) in [6, 6.07) is 4.87. The lowest BCUT2D eigenvalue weighted by Gasteiger charge is -2.06. The molecule has 1 aromatic carbocycles. The van der Waals surface area contributed by atoms with E-state index in [0.29, 0.717) is 5.56 Å². The predicted molar refractivity (Wildman–Crippen MR) is 63.9 cm³/mol. The van der Waals surface area contributed by atoms with Crippen LogP contribution in [-0.2, 0) is 4.79 Å². The molecule has 90 valence electrons. The largest absolute Gasteiger partial charge is 0.478 e. The number of carbonyl (C=O) groups excluding carboxylic acids is 1. The van der Waals surface area contributed by atoms with Crippen molar-refractivity contribution >= 4 is 17.8 Å². The van der Waals surface area contributed by atoms with E-state index in [1.807, 2.05) is 0 Å². The number of aryl methyl sites for hydroxylation is 1. The second-order valence-corrected chi connectivity index (χ2v) is 3.78. The van der Waals surface area contributed by atoms with Gasteiger partial charge >= 0.3 is 5.97 Å². The maximum atomic E-state index is 11.5. The van der Waals surface area contributed by atoms with Gasteiger partial charge in [-0.3, -0.25) is 4.79 Å². The van der Waals surface area contributed by atoms with Crippen LogP contribution in [0.2, 0.25) is 0 Å². The Balaban J connectivity index is 3.02. The summed E-state index contributed by atoms with van der Waals surface area (Å²) >= 11 is 0. The van der Waals surface area contributed by atoms with E-state index < -0.39 is 12.1 Å². The van der Waals surface area contributed by atoms with E-state index in [1.165, 1.54) is 13.0 Å². The van der Waals surface area contributed by atoms with E-state index in [4.69, 9.17) is 10.2 Å². The molecule has 0 fully saturated rings. The molecule has 0 saturated carbocycles. The molecule has 1 rings (SSSR count). The first-order valence-corrected chi connectivity index (χ1v) is 5.15. The summed E-state index contributed by atoms with van der Waals surface area (Å²) in [7, 11) is 0. The van der Waals surface area contributed by atoms with Gasteiger partial charge in [-0.15, -0.1) is 0 Å². The van der Waals surface area contributed by atoms with Gasteiger partial charge in [-0.05, 0) is 37.1 Å². The lowest BCUT2D eigenvalue weighted by molar-refractivity contribution is -0.131. The smallest absolute Gasteiger partial charge is 0.328 e. The third-order valence-corrected chi connectivity index (χ3v) is 2.34. The molecule has 0 aliphatic rings. The zero-order valence-electron chi connectivity index (χ0n) is 9.68. The Bertz CT molecular complexity index is 472. The molecule has 17 heavy (non-hydrogen) atoms. The van der Waals surface area contributed by atoms with Crippen molar-refractivity contribution < 1.29 is 19.8 Å². The minimum absolute atomic E-state index is 0.345. The first-order chi connectivity index (χ1) is 7.91. The number of carboxylic acid groups (broad SMARTS) is 1. The fraction of sp³-hybridized carbons (Fsp3) is 0.231. The molecule has 1 aromatic rings. The quantitative estimate of drug-likeness (QED) is 0.613. The minimum Gasteiger partial charge on any atom is -0.478 e. The van der Waals surface area contributed by atoms with Crippen molar-refractivity contribution in [1.82, 2.24) is 0 Å². The van der Waals surface area contributed by atoms with Crippen LogP contribution in [0, 0.1) is 6.92 Å². The van der Waals surface area contributed by atoms with Crippen LogP contribution in [-0.4, -0.2) is 28.1 Å². The summed E-state index contributed by atoms with van der Waals surface area (Å²) in [5.41, 5.74) is 1.94. The fourth-order valence-corrected chi connectivity index (χ4v) is 1.42. The molecule has 0 bridgehead atoms. The number of rotatable bonds is 4. The van der Waals surface area contributed by atoms with Gasteiger partial charge in [0.15, 0.2) is 5.78 Å². The topological polar surface area (TPSA) is 74.6 Å². The van der Waals surface area contributed by atoms with E-state index in [-0.39, 0.29) is 5.78 Å². The van der Waals surface area contributed by atoms with Gasteiger partial charge in [-0.25, -0.2) is 4.79 Å². The first-order valence-electron chi connectivity index (χ1n) is 5.15. The van der Waals surface area contributed by atoms with Crippen molar-refractivity contribution in [3.8, 4) is 0 Å². The molecule has 4 nitrogen and oxygen atoms in total. The van der Waals surface area contributed by atoms with Crippen molar-refractivity contribution in [3.05, 3.63) is 41.0 Å². The molecule has 1 atom stereocenters. The monoisotopic (exact) mass is 234 g/mol. The van der Waals surface area contributed by atoms with Crippen LogP contribution in [0.25, 0.3) is 6.08 Å². The Morgan fingerprint density at radius 1 is 1.35 bits per heavy atom. The number of benzene rings is 1. The molecule has 0 heterocycles. The summed E-state index contributed by atoms with van der Waals surface area (Å²) in [6.45, 7) is 3.19. The van der Waals surface area contributed by atoms with Crippen LogP contribution in [0.5, 0.6) is 0 Å². The van der Waals surface area contributed by atoms with E-state index in [9.17, 15) is 9.59 Å². The Morgan fingerprint density at radius 3 is 2.47 bits per heavy atom. The van der Waals surface area contributed by atoms with E-state index in [0.717, 1.165) is 17.2 Å². The Kier molecular flexibility index (Phi) is 4.17. The maximum absolute atomic E-state index is 11.5. The van der Waals surface area contributed by atoms with Gasteiger partial charge in [0.2, 0.25) is 0 Å². The number of hydrogen-bond donors (Lipinski definition) is 2. The van der Waals surface area contributed by atoms with Crippen molar-refractivity contribution in [1.29, 1.82) is 0 Å². The van der Waals surface area contributed by atoms with Crippen LogP contribution in [0.3, 0.4) is 0 Å². The molecule has 2 N–H and O–H groups in total. The van der Waals surface area contributed by atoms with Gasteiger partial charge in [-0.1, -0.05) is 12.1 Å². The second-order valence-electron chi connectivity index (χ2n) is 3.78. The van der Waals surface area contributed by atoms with Crippen LogP contribution in [0.4, 0.5) is 0 Å². The van der Waals surface area contributed by atoms with Gasteiger partial charge in [0.1, 0.15) is 6.10 Å². The fourth-order valence-electron chi connectivity index (χ4n) is 1.42. The van der Waals surface area contributed by atoms with Crippen molar-refractivity contribution in [3.63, 3.8) is 0 Å². The Labute approximate surface area is 99.2 Å². The SMILES string of the molecule is Cc1cc(C(=O)C(C)O)ccc1/C=C/C(=O)O. The number of aliphatic carboxylic acids is 1. The number of ketones is 1. The summed E-state index contributed by atoms with van der Waals surface area (Å²) in [4.78, 5) is 21.9. The van der Waals surface area contributed by atoms with Gasteiger partial charge in [0.05, 0.1) is 0 Å². The highest BCUT2D eigenvalue weighted by Gasteiger charge is 2.12. The molecule has 0 radical (unpaired) electrons. The van der Waals surface area contributed by atoms with E-state index in [2.05, 4.69) is 0 Å². The molecular formula is C13H14O4. The number of hydrogen-bond acceptors (Lipinski definition) is 3. The minimum atomic E-state index is -1.03. The molecule has 4 heteroatoms. The zero-order valence-corrected chi connectivity index (χ0v) is 9.68. The standard InChI is InChI=1S/C13H14O4/c1-8-7-11(13(17)9(2)14)4-3-10(8)5-6-12(15)16/h3-7,9,14H,1-2H3,(H,15,16)/b6-5+. The average molecular weight is 234 g/mol. The lowest BCUT2D eigenvalue weighted by Crippen LogP contribution is -2.16. The first kappa shape index (κ1) is 13.1. The maximum Gasteiger partial charge on any atom is 0.328 e. The Hall–Kier alpha value is -1.94. The van der Waals surface area contributed by atoms with Gasteiger partial charge in [0, 0.05) is 11.6 Å². The highest BCUT2D eigenvalue weighted by molar-refractivity contribution is 5.99. The number of aliphatic hydroxyl groups excluding tert-OH is 1.